The van der Waals surface area contributed by atoms with E-state index < -0.39 is 11.4 Å². The SMILES string of the molecule is COCc1cccc(CC(=O)N2C[C@H]3COCC[C@@]3(C(=O)O)C2)c1. The Morgan fingerprint density at radius 2 is 2.21 bits per heavy atom. The molecule has 0 spiro atoms. The second-order valence-corrected chi connectivity index (χ2v) is 6.69. The lowest BCUT2D eigenvalue weighted by atomic mass is 9.74. The summed E-state index contributed by atoms with van der Waals surface area (Å²) >= 11 is 0. The van der Waals surface area contributed by atoms with Crippen molar-refractivity contribution in [2.75, 3.05) is 33.4 Å². The first kappa shape index (κ1) is 16.9. The third-order valence-corrected chi connectivity index (χ3v) is 5.14. The van der Waals surface area contributed by atoms with Crippen LogP contribution in [0.3, 0.4) is 0 Å². The molecule has 2 saturated heterocycles. The minimum Gasteiger partial charge on any atom is -0.481 e. The van der Waals surface area contributed by atoms with Crippen molar-refractivity contribution in [1.82, 2.24) is 4.90 Å². The van der Waals surface area contributed by atoms with Gasteiger partial charge in [0.15, 0.2) is 0 Å². The maximum absolute atomic E-state index is 12.7. The van der Waals surface area contributed by atoms with Crippen molar-refractivity contribution in [3.8, 4) is 0 Å². The fourth-order valence-electron chi connectivity index (χ4n) is 3.77. The van der Waals surface area contributed by atoms with E-state index in [1.807, 2.05) is 24.3 Å². The fourth-order valence-corrected chi connectivity index (χ4v) is 3.77. The number of ether oxygens (including phenoxy) is 2. The molecule has 6 nitrogen and oxygen atoms in total. The zero-order valence-electron chi connectivity index (χ0n) is 13.9. The van der Waals surface area contributed by atoms with E-state index in [0.717, 1.165) is 11.1 Å². The summed E-state index contributed by atoms with van der Waals surface area (Å²) in [5.74, 6) is -0.958. The zero-order valence-corrected chi connectivity index (χ0v) is 13.9. The van der Waals surface area contributed by atoms with E-state index in [-0.39, 0.29) is 24.8 Å². The highest BCUT2D eigenvalue weighted by atomic mass is 16.5. The van der Waals surface area contributed by atoms with Crippen LogP contribution in [0.15, 0.2) is 24.3 Å². The maximum atomic E-state index is 12.7. The molecule has 2 heterocycles. The Morgan fingerprint density at radius 1 is 1.42 bits per heavy atom. The van der Waals surface area contributed by atoms with Gasteiger partial charge in [0, 0.05) is 32.7 Å². The lowest BCUT2D eigenvalue weighted by Crippen LogP contribution is -2.45. The molecule has 6 heteroatoms. The van der Waals surface area contributed by atoms with Crippen LogP contribution in [0.4, 0.5) is 0 Å². The summed E-state index contributed by atoms with van der Waals surface area (Å²) in [5, 5.41) is 9.68. The molecule has 0 unspecified atom stereocenters. The van der Waals surface area contributed by atoms with Crippen molar-refractivity contribution in [2.24, 2.45) is 11.3 Å². The number of hydrogen-bond donors (Lipinski definition) is 1. The fraction of sp³-hybridized carbons (Fsp3) is 0.556. The Kier molecular flexibility index (Phi) is 4.87. The molecule has 2 aliphatic rings. The molecule has 0 radical (unpaired) electrons. The van der Waals surface area contributed by atoms with E-state index in [1.165, 1.54) is 0 Å². The quantitative estimate of drug-likeness (QED) is 0.880. The molecular weight excluding hydrogens is 310 g/mol. The number of aliphatic carboxylic acids is 1. The molecule has 0 aromatic heterocycles. The van der Waals surface area contributed by atoms with Gasteiger partial charge in [-0.3, -0.25) is 9.59 Å². The molecule has 0 bridgehead atoms. The van der Waals surface area contributed by atoms with Crippen LogP contribution < -0.4 is 0 Å². The minimum atomic E-state index is -0.841. The molecule has 3 rings (SSSR count). The number of hydrogen-bond acceptors (Lipinski definition) is 4. The van der Waals surface area contributed by atoms with Crippen molar-refractivity contribution in [2.45, 2.75) is 19.4 Å². The Hall–Kier alpha value is -1.92. The van der Waals surface area contributed by atoms with Crippen molar-refractivity contribution >= 4 is 11.9 Å². The Bertz CT molecular complexity index is 632. The van der Waals surface area contributed by atoms with Gasteiger partial charge in [0.1, 0.15) is 0 Å². The van der Waals surface area contributed by atoms with Gasteiger partial charge in [-0.15, -0.1) is 0 Å². The van der Waals surface area contributed by atoms with Crippen LogP contribution in [0, 0.1) is 11.3 Å². The van der Waals surface area contributed by atoms with E-state index in [9.17, 15) is 14.7 Å². The third-order valence-electron chi connectivity index (χ3n) is 5.14. The molecule has 0 aliphatic carbocycles. The number of nitrogens with zero attached hydrogens (tertiary/aromatic N) is 1. The third kappa shape index (κ3) is 3.16. The highest BCUT2D eigenvalue weighted by Crippen LogP contribution is 2.42. The zero-order chi connectivity index (χ0) is 17.2. The molecule has 2 fully saturated rings. The highest BCUT2D eigenvalue weighted by molar-refractivity contribution is 5.82. The van der Waals surface area contributed by atoms with Crippen LogP contribution >= 0.6 is 0 Å². The largest absolute Gasteiger partial charge is 0.481 e. The van der Waals surface area contributed by atoms with E-state index in [4.69, 9.17) is 9.47 Å². The average Bonchev–Trinajstić information content (AvgIpc) is 2.97. The first-order valence-corrected chi connectivity index (χ1v) is 8.21. The number of fused-ring (bicyclic) bond motifs is 1. The first-order valence-electron chi connectivity index (χ1n) is 8.21. The van der Waals surface area contributed by atoms with E-state index in [1.54, 1.807) is 12.0 Å². The number of carboxylic acids is 1. The predicted octanol–water partition coefficient (Wildman–Crippen LogP) is 1.33. The summed E-state index contributed by atoms with van der Waals surface area (Å²) < 4.78 is 10.5. The number of carboxylic acid groups (broad SMARTS) is 1. The summed E-state index contributed by atoms with van der Waals surface area (Å²) in [7, 11) is 1.64. The van der Waals surface area contributed by atoms with E-state index in [0.29, 0.717) is 32.8 Å². The Morgan fingerprint density at radius 3 is 2.92 bits per heavy atom. The van der Waals surface area contributed by atoms with Gasteiger partial charge >= 0.3 is 5.97 Å². The lowest BCUT2D eigenvalue weighted by Gasteiger charge is -2.33. The number of benzene rings is 1. The first-order chi connectivity index (χ1) is 11.5. The van der Waals surface area contributed by atoms with Crippen LogP contribution in [-0.4, -0.2) is 55.3 Å². The van der Waals surface area contributed by atoms with Crippen molar-refractivity contribution in [1.29, 1.82) is 0 Å². The Balaban J connectivity index is 1.70. The summed E-state index contributed by atoms with van der Waals surface area (Å²) in [6, 6.07) is 7.74. The number of carbonyl (C=O) groups is 2. The van der Waals surface area contributed by atoms with E-state index in [2.05, 4.69) is 0 Å². The van der Waals surface area contributed by atoms with Gasteiger partial charge in [0.2, 0.25) is 5.91 Å². The Labute approximate surface area is 141 Å². The van der Waals surface area contributed by atoms with Crippen molar-refractivity contribution in [3.63, 3.8) is 0 Å². The van der Waals surface area contributed by atoms with Crippen molar-refractivity contribution in [3.05, 3.63) is 35.4 Å². The van der Waals surface area contributed by atoms with E-state index >= 15 is 0 Å². The standard InChI is InChI=1S/C18H23NO5/c1-23-10-14-4-2-3-13(7-14)8-16(20)19-9-15-11-24-6-5-18(15,12-19)17(21)22/h2-4,7,15H,5-6,8-12H2,1H3,(H,21,22)/t15-,18+/m0/s1. The summed E-state index contributed by atoms with van der Waals surface area (Å²) in [4.78, 5) is 26.1. The van der Waals surface area contributed by atoms with Gasteiger partial charge in [-0.25, -0.2) is 0 Å². The number of rotatable bonds is 5. The van der Waals surface area contributed by atoms with Gasteiger partial charge < -0.3 is 19.5 Å². The predicted molar refractivity (Wildman–Crippen MR) is 86.4 cm³/mol. The second kappa shape index (κ2) is 6.91. The summed E-state index contributed by atoms with van der Waals surface area (Å²) in [6.07, 6.45) is 0.751. The highest BCUT2D eigenvalue weighted by Gasteiger charge is 2.54. The number of likely N-dealkylation sites (tertiary alicyclic amines) is 1. The molecular formula is C18H23NO5. The molecule has 1 N–H and O–H groups in total. The normalized spacial score (nSPS) is 26.2. The monoisotopic (exact) mass is 333 g/mol. The van der Waals surface area contributed by atoms with Gasteiger partial charge in [0.05, 0.1) is 25.0 Å². The average molecular weight is 333 g/mol. The van der Waals surface area contributed by atoms with Gasteiger partial charge in [0.25, 0.3) is 0 Å². The van der Waals surface area contributed by atoms with Gasteiger partial charge in [-0.2, -0.15) is 0 Å². The number of methoxy groups -OCH3 is 1. The molecule has 2 atom stereocenters. The molecule has 1 amide bonds. The molecule has 1 aromatic rings. The molecule has 130 valence electrons. The van der Waals surface area contributed by atoms with Crippen LogP contribution in [0.1, 0.15) is 17.5 Å². The maximum Gasteiger partial charge on any atom is 0.311 e. The smallest absolute Gasteiger partial charge is 0.311 e. The van der Waals surface area contributed by atoms with Crippen LogP contribution in [-0.2, 0) is 32.1 Å². The molecule has 0 saturated carbocycles. The molecule has 2 aliphatic heterocycles. The van der Waals surface area contributed by atoms with Gasteiger partial charge in [-0.1, -0.05) is 24.3 Å². The molecule has 1 aromatic carbocycles. The lowest BCUT2D eigenvalue weighted by molar-refractivity contribution is -0.157. The summed E-state index contributed by atoms with van der Waals surface area (Å²) in [5.41, 5.74) is 1.10. The van der Waals surface area contributed by atoms with Crippen LogP contribution in [0.5, 0.6) is 0 Å². The molecule has 24 heavy (non-hydrogen) atoms. The summed E-state index contributed by atoms with van der Waals surface area (Å²) in [6.45, 7) is 2.12. The second-order valence-electron chi connectivity index (χ2n) is 6.69. The van der Waals surface area contributed by atoms with Gasteiger partial charge in [-0.05, 0) is 17.5 Å². The topological polar surface area (TPSA) is 76.1 Å². The minimum absolute atomic E-state index is 0.0282. The number of carbonyl (C=O) groups excluding carboxylic acids is 1. The van der Waals surface area contributed by atoms with Crippen molar-refractivity contribution < 1.29 is 24.2 Å². The number of amides is 1. The van der Waals surface area contributed by atoms with Crippen LogP contribution in [0.25, 0.3) is 0 Å². The van der Waals surface area contributed by atoms with Crippen LogP contribution in [0.2, 0.25) is 0 Å².